The van der Waals surface area contributed by atoms with Crippen LogP contribution in [0.1, 0.15) is 33.8 Å². The molecule has 3 rings (SSSR count). The quantitative estimate of drug-likeness (QED) is 0.560. The van der Waals surface area contributed by atoms with Crippen molar-refractivity contribution in [2.45, 2.75) is 27.7 Å². The van der Waals surface area contributed by atoms with Crippen LogP contribution >= 0.6 is 0 Å². The maximum absolute atomic E-state index is 9.47. The first-order valence-corrected chi connectivity index (χ1v) is 8.06. The molecule has 0 amide bonds. The number of nitrogens with zero attached hydrogens (tertiary/aromatic N) is 3. The van der Waals surface area contributed by atoms with Gasteiger partial charge in [0.15, 0.2) is 0 Å². The minimum Gasteiger partial charge on any atom is -0.443 e. The molecular weight excluding hydrogens is 312 g/mol. The Balaban J connectivity index is 1.94. The summed E-state index contributed by atoms with van der Waals surface area (Å²) in [5.41, 5.74) is 8.32. The Labute approximate surface area is 147 Å². The highest BCUT2D eigenvalue weighted by molar-refractivity contribution is 5.82. The van der Waals surface area contributed by atoms with Gasteiger partial charge in [-0.15, -0.1) is 0 Å². The van der Waals surface area contributed by atoms with Crippen molar-refractivity contribution in [1.29, 1.82) is 5.26 Å². The molecule has 0 atom stereocenters. The average Bonchev–Trinajstić information content (AvgIpc) is 3.04. The molecule has 0 aliphatic heterocycles. The molecule has 0 radical (unpaired) electrons. The molecule has 5 heteroatoms. The number of hydrogen-bond donors (Lipinski definition) is 1. The van der Waals surface area contributed by atoms with Gasteiger partial charge in [-0.25, -0.2) is 0 Å². The Morgan fingerprint density at radius 3 is 2.56 bits per heavy atom. The first-order valence-electron chi connectivity index (χ1n) is 8.06. The van der Waals surface area contributed by atoms with Gasteiger partial charge in [-0.2, -0.15) is 10.4 Å². The Hall–Kier alpha value is -3.26. The summed E-state index contributed by atoms with van der Waals surface area (Å²) in [4.78, 5) is 0. The molecule has 0 unspecified atom stereocenters. The maximum atomic E-state index is 9.47. The van der Waals surface area contributed by atoms with Crippen LogP contribution in [0.15, 0.2) is 45.9 Å². The largest absolute Gasteiger partial charge is 0.443 e. The number of hydrogen-bond acceptors (Lipinski definition) is 4. The van der Waals surface area contributed by atoms with Crippen molar-refractivity contribution in [3.05, 3.63) is 70.2 Å². The second kappa shape index (κ2) is 6.70. The van der Waals surface area contributed by atoms with Gasteiger partial charge in [0, 0.05) is 22.5 Å². The normalized spacial score (nSPS) is 11.0. The molecule has 0 aliphatic carbocycles. The summed E-state index contributed by atoms with van der Waals surface area (Å²) < 4.78 is 7.81. The molecule has 0 aliphatic rings. The highest BCUT2D eigenvalue weighted by atomic mass is 16.4. The van der Waals surface area contributed by atoms with E-state index in [1.807, 2.05) is 68.7 Å². The van der Waals surface area contributed by atoms with E-state index < -0.39 is 0 Å². The third kappa shape index (κ3) is 3.07. The van der Waals surface area contributed by atoms with Crippen molar-refractivity contribution in [1.82, 2.24) is 4.57 Å². The summed E-state index contributed by atoms with van der Waals surface area (Å²) in [5.74, 6) is 1.34. The molecule has 5 nitrogen and oxygen atoms in total. The molecule has 2 heterocycles. The minimum absolute atomic E-state index is 0.572. The fourth-order valence-corrected chi connectivity index (χ4v) is 2.82. The fraction of sp³-hybridized carbons (Fsp3) is 0.200. The van der Waals surface area contributed by atoms with E-state index in [1.54, 1.807) is 6.21 Å². The van der Waals surface area contributed by atoms with Gasteiger partial charge in [-0.05, 0) is 45.9 Å². The lowest BCUT2D eigenvalue weighted by molar-refractivity contribution is 0.503. The first kappa shape index (κ1) is 16.6. The van der Waals surface area contributed by atoms with Crippen LogP contribution in [0.5, 0.6) is 0 Å². The van der Waals surface area contributed by atoms with Crippen LogP contribution in [0.3, 0.4) is 0 Å². The molecule has 0 saturated heterocycles. The average molecular weight is 332 g/mol. The highest BCUT2D eigenvalue weighted by Crippen LogP contribution is 2.28. The number of rotatable bonds is 4. The SMILES string of the molecule is Cc1oc(-n2c(C)cc(/C=N\Nc3ccccc3)c2C)c(C#N)c1C. The van der Waals surface area contributed by atoms with Crippen molar-refractivity contribution >= 4 is 11.9 Å². The van der Waals surface area contributed by atoms with Crippen LogP contribution in [0.25, 0.3) is 5.88 Å². The lowest BCUT2D eigenvalue weighted by Gasteiger charge is -2.06. The zero-order valence-electron chi connectivity index (χ0n) is 14.8. The van der Waals surface area contributed by atoms with Gasteiger partial charge in [-0.1, -0.05) is 18.2 Å². The molecule has 0 bridgehead atoms. The summed E-state index contributed by atoms with van der Waals surface area (Å²) in [7, 11) is 0. The molecular formula is C20H20N4O. The number of aromatic nitrogens is 1. The number of furan rings is 1. The summed E-state index contributed by atoms with van der Waals surface area (Å²) in [5, 5.41) is 13.8. The number of nitrogens with one attached hydrogen (secondary N) is 1. The number of anilines is 1. The maximum Gasteiger partial charge on any atom is 0.222 e. The number of hydrazone groups is 1. The third-order valence-corrected chi connectivity index (χ3v) is 4.32. The van der Waals surface area contributed by atoms with E-state index in [-0.39, 0.29) is 0 Å². The van der Waals surface area contributed by atoms with Crippen LogP contribution < -0.4 is 5.43 Å². The Morgan fingerprint density at radius 2 is 1.88 bits per heavy atom. The number of aryl methyl sites for hydroxylation is 2. The van der Waals surface area contributed by atoms with E-state index >= 15 is 0 Å². The number of para-hydroxylation sites is 1. The van der Waals surface area contributed by atoms with Crippen molar-refractivity contribution in [2.24, 2.45) is 5.10 Å². The number of nitriles is 1. The van der Waals surface area contributed by atoms with E-state index in [0.717, 1.165) is 34.0 Å². The van der Waals surface area contributed by atoms with Gasteiger partial charge in [0.1, 0.15) is 17.4 Å². The summed E-state index contributed by atoms with van der Waals surface area (Å²) in [6, 6.07) is 14.1. The monoisotopic (exact) mass is 332 g/mol. The Morgan fingerprint density at radius 1 is 1.16 bits per heavy atom. The van der Waals surface area contributed by atoms with Gasteiger partial charge < -0.3 is 4.42 Å². The molecule has 1 N–H and O–H groups in total. The lowest BCUT2D eigenvalue weighted by Crippen LogP contribution is -2.00. The molecule has 25 heavy (non-hydrogen) atoms. The van der Waals surface area contributed by atoms with E-state index in [4.69, 9.17) is 4.42 Å². The highest BCUT2D eigenvalue weighted by Gasteiger charge is 2.20. The van der Waals surface area contributed by atoms with Crippen LogP contribution in [-0.2, 0) is 0 Å². The van der Waals surface area contributed by atoms with Crippen molar-refractivity contribution in [3.8, 4) is 12.0 Å². The zero-order valence-corrected chi connectivity index (χ0v) is 14.8. The van der Waals surface area contributed by atoms with Crippen LogP contribution in [0, 0.1) is 39.0 Å². The predicted octanol–water partition coefficient (Wildman–Crippen LogP) is 4.62. The van der Waals surface area contributed by atoms with E-state index in [9.17, 15) is 5.26 Å². The van der Waals surface area contributed by atoms with Crippen LogP contribution in [0.2, 0.25) is 0 Å². The van der Waals surface area contributed by atoms with Gasteiger partial charge in [-0.3, -0.25) is 9.99 Å². The molecule has 126 valence electrons. The lowest BCUT2D eigenvalue weighted by atomic mass is 10.2. The van der Waals surface area contributed by atoms with Crippen molar-refractivity contribution < 1.29 is 4.42 Å². The fourth-order valence-electron chi connectivity index (χ4n) is 2.82. The smallest absolute Gasteiger partial charge is 0.222 e. The molecule has 0 spiro atoms. The van der Waals surface area contributed by atoms with Gasteiger partial charge >= 0.3 is 0 Å². The first-order chi connectivity index (χ1) is 12.0. The van der Waals surface area contributed by atoms with Crippen molar-refractivity contribution in [2.75, 3.05) is 5.43 Å². The van der Waals surface area contributed by atoms with Gasteiger partial charge in [0.2, 0.25) is 5.88 Å². The molecule has 1 aromatic carbocycles. The van der Waals surface area contributed by atoms with Crippen LogP contribution in [0.4, 0.5) is 5.69 Å². The zero-order chi connectivity index (χ0) is 18.0. The Kier molecular flexibility index (Phi) is 4.44. The van der Waals surface area contributed by atoms with Gasteiger partial charge in [0.25, 0.3) is 0 Å². The summed E-state index contributed by atoms with van der Waals surface area (Å²) in [6.45, 7) is 7.76. The van der Waals surface area contributed by atoms with Gasteiger partial charge in [0.05, 0.1) is 11.9 Å². The van der Waals surface area contributed by atoms with Crippen LogP contribution in [-0.4, -0.2) is 10.8 Å². The van der Waals surface area contributed by atoms with E-state index in [1.165, 1.54) is 0 Å². The molecule has 2 aromatic heterocycles. The molecule has 3 aromatic rings. The molecule has 0 fully saturated rings. The predicted molar refractivity (Wildman–Crippen MR) is 99.4 cm³/mol. The third-order valence-electron chi connectivity index (χ3n) is 4.32. The molecule has 0 saturated carbocycles. The minimum atomic E-state index is 0.572. The number of benzene rings is 1. The summed E-state index contributed by atoms with van der Waals surface area (Å²) >= 11 is 0. The second-order valence-electron chi connectivity index (χ2n) is 5.97. The van der Waals surface area contributed by atoms with Crippen molar-refractivity contribution in [3.63, 3.8) is 0 Å². The topological polar surface area (TPSA) is 66.2 Å². The Bertz CT molecular complexity index is 972. The standard InChI is InChI=1S/C20H20N4O/c1-13-10-17(12-22-23-18-8-6-5-7-9-18)15(3)24(13)20-19(11-21)14(2)16(4)25-20/h5-10,12,23H,1-4H3/b22-12-. The summed E-state index contributed by atoms with van der Waals surface area (Å²) in [6.07, 6.45) is 1.78. The van der Waals surface area contributed by atoms with E-state index in [2.05, 4.69) is 16.6 Å². The van der Waals surface area contributed by atoms with E-state index in [0.29, 0.717) is 11.4 Å². The second-order valence-corrected chi connectivity index (χ2v) is 5.97.